The highest BCUT2D eigenvalue weighted by atomic mass is 32.1. The Labute approximate surface area is 153 Å². The van der Waals surface area contributed by atoms with E-state index in [1.54, 1.807) is 11.3 Å². The van der Waals surface area contributed by atoms with Crippen LogP contribution in [0.2, 0.25) is 0 Å². The molecule has 0 aliphatic carbocycles. The Bertz CT molecular complexity index is 1440. The quantitative estimate of drug-likeness (QED) is 0.367. The minimum atomic E-state index is 0.884. The third kappa shape index (κ3) is 1.77. The van der Waals surface area contributed by atoms with Crippen molar-refractivity contribution in [1.29, 1.82) is 0 Å². The topological polar surface area (TPSA) is 30.7 Å². The molecule has 0 bridgehead atoms. The van der Waals surface area contributed by atoms with Crippen LogP contribution < -0.4 is 0 Å². The number of benzene rings is 3. The van der Waals surface area contributed by atoms with Crippen LogP contribution in [0.5, 0.6) is 0 Å². The maximum absolute atomic E-state index is 4.56. The molecule has 3 nitrogen and oxygen atoms in total. The molecular formula is C22H13N3S. The molecule has 0 saturated carbocycles. The van der Waals surface area contributed by atoms with Crippen LogP contribution in [0.25, 0.3) is 48.5 Å². The van der Waals surface area contributed by atoms with Crippen molar-refractivity contribution in [2.24, 2.45) is 0 Å². The summed E-state index contributed by atoms with van der Waals surface area (Å²) in [5.41, 5.74) is 2.37. The third-order valence-corrected chi connectivity index (χ3v) is 5.95. The molecule has 0 spiro atoms. The van der Waals surface area contributed by atoms with Gasteiger partial charge in [0.2, 0.25) is 0 Å². The lowest BCUT2D eigenvalue weighted by atomic mass is 10.1. The first-order valence-electron chi connectivity index (χ1n) is 8.52. The molecule has 0 unspecified atom stereocenters. The molecule has 3 heterocycles. The van der Waals surface area contributed by atoms with Crippen molar-refractivity contribution in [2.75, 3.05) is 0 Å². The van der Waals surface area contributed by atoms with Gasteiger partial charge >= 0.3 is 0 Å². The minimum absolute atomic E-state index is 0.884. The highest BCUT2D eigenvalue weighted by Gasteiger charge is 2.17. The lowest BCUT2D eigenvalue weighted by Crippen LogP contribution is -2.00. The molecule has 0 atom stereocenters. The monoisotopic (exact) mass is 351 g/mol. The van der Waals surface area contributed by atoms with Crippen molar-refractivity contribution in [1.82, 2.24) is 14.8 Å². The molecule has 0 saturated heterocycles. The number of aromatic nitrogens is 3. The van der Waals surface area contributed by atoms with E-state index >= 15 is 0 Å². The third-order valence-electron chi connectivity index (χ3n) is 5.02. The van der Waals surface area contributed by atoms with E-state index in [-0.39, 0.29) is 0 Å². The molecule has 3 aromatic carbocycles. The van der Waals surface area contributed by atoms with Gasteiger partial charge in [0.05, 0.1) is 21.9 Å². The molecule has 122 valence electrons. The largest absolute Gasteiger partial charge is 0.290 e. The SMILES string of the molecule is c1ccc2c(-n3c4ccccc4c4ccc5ccsc5c43)nncc2c1. The van der Waals surface area contributed by atoms with Crippen LogP contribution >= 0.6 is 11.3 Å². The Morgan fingerprint density at radius 3 is 2.54 bits per heavy atom. The second-order valence-corrected chi connectivity index (χ2v) is 7.32. The summed E-state index contributed by atoms with van der Waals surface area (Å²) in [6.07, 6.45) is 1.83. The molecule has 3 aromatic heterocycles. The Kier molecular flexibility index (Phi) is 2.76. The normalized spacial score (nSPS) is 11.8. The number of hydrogen-bond donors (Lipinski definition) is 0. The van der Waals surface area contributed by atoms with Crippen molar-refractivity contribution in [3.8, 4) is 5.82 Å². The maximum Gasteiger partial charge on any atom is 0.168 e. The van der Waals surface area contributed by atoms with E-state index in [9.17, 15) is 0 Å². The molecule has 0 aliphatic heterocycles. The number of hydrogen-bond acceptors (Lipinski definition) is 3. The van der Waals surface area contributed by atoms with Gasteiger partial charge in [-0.3, -0.25) is 4.57 Å². The van der Waals surface area contributed by atoms with Gasteiger partial charge in [-0.1, -0.05) is 54.6 Å². The molecule has 6 aromatic rings. The van der Waals surface area contributed by atoms with Gasteiger partial charge in [0.1, 0.15) is 0 Å². The second kappa shape index (κ2) is 5.13. The molecular weight excluding hydrogens is 338 g/mol. The van der Waals surface area contributed by atoms with Crippen LogP contribution in [0.3, 0.4) is 0 Å². The van der Waals surface area contributed by atoms with Crippen LogP contribution in [-0.4, -0.2) is 14.8 Å². The van der Waals surface area contributed by atoms with Gasteiger partial charge in [-0.15, -0.1) is 16.4 Å². The molecule has 0 amide bonds. The lowest BCUT2D eigenvalue weighted by molar-refractivity contribution is 0.974. The fraction of sp³-hybridized carbons (Fsp3) is 0. The van der Waals surface area contributed by atoms with E-state index in [1.165, 1.54) is 26.4 Å². The molecule has 0 aliphatic rings. The van der Waals surface area contributed by atoms with E-state index in [4.69, 9.17) is 0 Å². The minimum Gasteiger partial charge on any atom is -0.290 e. The summed E-state index contributed by atoms with van der Waals surface area (Å²) in [4.78, 5) is 0. The highest BCUT2D eigenvalue weighted by molar-refractivity contribution is 7.18. The molecule has 6 rings (SSSR count). The Hall–Kier alpha value is -3.24. The van der Waals surface area contributed by atoms with Gasteiger partial charge in [-0.25, -0.2) is 0 Å². The Morgan fingerprint density at radius 2 is 1.58 bits per heavy atom. The zero-order valence-corrected chi connectivity index (χ0v) is 14.6. The van der Waals surface area contributed by atoms with Crippen molar-refractivity contribution in [3.05, 3.63) is 78.3 Å². The highest BCUT2D eigenvalue weighted by Crippen LogP contribution is 2.39. The number of fused-ring (bicyclic) bond motifs is 6. The van der Waals surface area contributed by atoms with E-state index in [1.807, 2.05) is 12.3 Å². The summed E-state index contributed by atoms with van der Waals surface area (Å²) in [5, 5.41) is 17.0. The van der Waals surface area contributed by atoms with Crippen LogP contribution in [0.4, 0.5) is 0 Å². The number of para-hydroxylation sites is 1. The zero-order chi connectivity index (χ0) is 17.1. The molecule has 0 radical (unpaired) electrons. The average molecular weight is 351 g/mol. The first-order chi connectivity index (χ1) is 12.9. The summed E-state index contributed by atoms with van der Waals surface area (Å²) in [5.74, 6) is 0.884. The molecule has 4 heteroatoms. The van der Waals surface area contributed by atoms with E-state index in [0.717, 1.165) is 22.1 Å². The number of thiophene rings is 1. The predicted molar refractivity (Wildman–Crippen MR) is 109 cm³/mol. The smallest absolute Gasteiger partial charge is 0.168 e. The molecule has 0 fully saturated rings. The van der Waals surface area contributed by atoms with Gasteiger partial charge in [-0.2, -0.15) is 5.10 Å². The van der Waals surface area contributed by atoms with Gasteiger partial charge in [0, 0.05) is 21.5 Å². The first-order valence-corrected chi connectivity index (χ1v) is 9.40. The van der Waals surface area contributed by atoms with Crippen LogP contribution in [0.15, 0.2) is 78.3 Å². The number of nitrogens with zero attached hydrogens (tertiary/aromatic N) is 3. The maximum atomic E-state index is 4.56. The average Bonchev–Trinajstić information content (AvgIpc) is 3.30. The van der Waals surface area contributed by atoms with Crippen LogP contribution in [0.1, 0.15) is 0 Å². The van der Waals surface area contributed by atoms with E-state index in [0.29, 0.717) is 0 Å². The summed E-state index contributed by atoms with van der Waals surface area (Å²) in [7, 11) is 0. The Balaban J connectivity index is 1.92. The molecule has 26 heavy (non-hydrogen) atoms. The van der Waals surface area contributed by atoms with Crippen molar-refractivity contribution >= 4 is 54.0 Å². The lowest BCUT2D eigenvalue weighted by Gasteiger charge is -2.09. The van der Waals surface area contributed by atoms with Crippen molar-refractivity contribution in [3.63, 3.8) is 0 Å². The number of rotatable bonds is 1. The van der Waals surface area contributed by atoms with Gasteiger partial charge in [0.15, 0.2) is 5.82 Å². The standard InChI is InChI=1S/C22H13N3S/c1-2-6-16-15(5-1)13-23-24-22(16)25-19-8-4-3-7-17(19)18-10-9-14-11-12-26-21(14)20(18)25/h1-13H. The summed E-state index contributed by atoms with van der Waals surface area (Å²) in [6.45, 7) is 0. The van der Waals surface area contributed by atoms with Crippen molar-refractivity contribution in [2.45, 2.75) is 0 Å². The fourth-order valence-electron chi connectivity index (χ4n) is 3.87. The summed E-state index contributed by atoms with van der Waals surface area (Å²) >= 11 is 1.78. The van der Waals surface area contributed by atoms with E-state index in [2.05, 4.69) is 80.8 Å². The zero-order valence-electron chi connectivity index (χ0n) is 13.8. The fourth-order valence-corrected chi connectivity index (χ4v) is 4.81. The van der Waals surface area contributed by atoms with Gasteiger partial charge in [-0.05, 0) is 22.9 Å². The van der Waals surface area contributed by atoms with Gasteiger partial charge in [0.25, 0.3) is 0 Å². The van der Waals surface area contributed by atoms with Gasteiger partial charge < -0.3 is 0 Å². The second-order valence-electron chi connectivity index (χ2n) is 6.41. The van der Waals surface area contributed by atoms with Crippen LogP contribution in [0, 0.1) is 0 Å². The predicted octanol–water partition coefficient (Wildman–Crippen LogP) is 5.94. The van der Waals surface area contributed by atoms with E-state index < -0.39 is 0 Å². The summed E-state index contributed by atoms with van der Waals surface area (Å²) in [6, 6.07) is 23.4. The Morgan fingerprint density at radius 1 is 0.731 bits per heavy atom. The summed E-state index contributed by atoms with van der Waals surface area (Å²) < 4.78 is 3.56. The van der Waals surface area contributed by atoms with Crippen molar-refractivity contribution < 1.29 is 0 Å². The first kappa shape index (κ1) is 14.0. The molecule has 0 N–H and O–H groups in total. The van der Waals surface area contributed by atoms with Crippen LogP contribution in [-0.2, 0) is 0 Å².